The first kappa shape index (κ1) is 24.1. The molecule has 1 saturated heterocycles. The van der Waals surface area contributed by atoms with Crippen LogP contribution in [0.4, 0.5) is 0 Å². The molecule has 0 spiro atoms. The molecule has 0 amide bonds. The number of phenolic OH excluding ortho intramolecular Hbond substituents is 1. The molecule has 1 aliphatic rings. The molecule has 3 rings (SSSR count). The van der Waals surface area contributed by atoms with E-state index < -0.39 is 6.23 Å². The predicted molar refractivity (Wildman–Crippen MR) is 126 cm³/mol. The van der Waals surface area contributed by atoms with E-state index in [1.165, 1.54) is 29.5 Å². The molecular weight excluding hydrogens is 372 g/mol. The number of phenols is 1. The lowest BCUT2D eigenvalue weighted by atomic mass is 10.0. The van der Waals surface area contributed by atoms with Crippen LogP contribution in [0, 0.1) is 13.8 Å². The molecule has 2 atom stereocenters. The summed E-state index contributed by atoms with van der Waals surface area (Å²) in [6, 6.07) is 16.0. The van der Waals surface area contributed by atoms with Gasteiger partial charge in [-0.05, 0) is 76.7 Å². The summed E-state index contributed by atoms with van der Waals surface area (Å²) in [5, 5.41) is 22.9. The van der Waals surface area contributed by atoms with Gasteiger partial charge in [-0.3, -0.25) is 5.32 Å². The molecule has 2 unspecified atom stereocenters. The number of hydrogen-bond acceptors (Lipinski definition) is 4. The Bertz CT molecular complexity index is 701. The molecule has 1 aliphatic heterocycles. The Morgan fingerprint density at radius 1 is 1.00 bits per heavy atom. The van der Waals surface area contributed by atoms with Gasteiger partial charge in [0.25, 0.3) is 0 Å². The maximum atomic E-state index is 10.1. The van der Waals surface area contributed by atoms with E-state index in [-0.39, 0.29) is 6.04 Å². The number of aromatic hydroxyl groups is 1. The third-order valence-corrected chi connectivity index (χ3v) is 5.39. The fraction of sp³-hybridized carbons (Fsp3) is 0.462. The molecule has 2 aromatic rings. The molecule has 3 N–H and O–H groups in total. The third kappa shape index (κ3) is 9.57. The van der Waals surface area contributed by atoms with Crippen molar-refractivity contribution in [1.29, 1.82) is 0 Å². The highest BCUT2D eigenvalue weighted by Crippen LogP contribution is 2.14. The zero-order valence-electron chi connectivity index (χ0n) is 18.6. The fourth-order valence-electron chi connectivity index (χ4n) is 3.64. The van der Waals surface area contributed by atoms with Gasteiger partial charge in [-0.15, -0.1) is 6.58 Å². The van der Waals surface area contributed by atoms with Crippen molar-refractivity contribution < 1.29 is 10.2 Å². The normalized spacial score (nSPS) is 15.8. The molecule has 30 heavy (non-hydrogen) atoms. The van der Waals surface area contributed by atoms with Gasteiger partial charge >= 0.3 is 0 Å². The molecule has 0 radical (unpaired) electrons. The maximum absolute atomic E-state index is 10.1. The molecule has 0 bridgehead atoms. The molecule has 1 fully saturated rings. The third-order valence-electron chi connectivity index (χ3n) is 5.39. The molecule has 164 valence electrons. The number of nitrogens with one attached hydrogen (secondary N) is 1. The second kappa shape index (κ2) is 13.2. The highest BCUT2D eigenvalue weighted by atomic mass is 16.3. The van der Waals surface area contributed by atoms with E-state index in [0.717, 1.165) is 32.5 Å². The van der Waals surface area contributed by atoms with Crippen LogP contribution < -0.4 is 5.32 Å². The lowest BCUT2D eigenvalue weighted by molar-refractivity contribution is 0.105. The number of hydrogen-bond donors (Lipinski definition) is 3. The molecule has 2 aromatic carbocycles. The second-order valence-electron chi connectivity index (χ2n) is 8.28. The molecule has 0 aromatic heterocycles. The van der Waals surface area contributed by atoms with Gasteiger partial charge in [-0.25, -0.2) is 0 Å². The van der Waals surface area contributed by atoms with Crippen LogP contribution in [0.3, 0.4) is 0 Å². The Hall–Kier alpha value is -2.14. The van der Waals surface area contributed by atoms with Crippen molar-refractivity contribution in [3.8, 4) is 5.75 Å². The average Bonchev–Trinajstić information content (AvgIpc) is 3.24. The summed E-state index contributed by atoms with van der Waals surface area (Å²) >= 11 is 0. The number of rotatable bonds is 9. The summed E-state index contributed by atoms with van der Waals surface area (Å²) in [4.78, 5) is 2.46. The van der Waals surface area contributed by atoms with Crippen molar-refractivity contribution in [1.82, 2.24) is 10.2 Å². The Kier molecular flexibility index (Phi) is 10.6. The summed E-state index contributed by atoms with van der Waals surface area (Å²) in [6.07, 6.45) is 6.22. The van der Waals surface area contributed by atoms with E-state index in [0.29, 0.717) is 12.2 Å². The Balaban J connectivity index is 0.000000335. The van der Waals surface area contributed by atoms with Gasteiger partial charge in [0, 0.05) is 12.6 Å². The second-order valence-corrected chi connectivity index (χ2v) is 8.28. The van der Waals surface area contributed by atoms with Gasteiger partial charge in [0.15, 0.2) is 0 Å². The molecule has 4 nitrogen and oxygen atoms in total. The molecule has 0 aliphatic carbocycles. The van der Waals surface area contributed by atoms with Crippen molar-refractivity contribution in [2.45, 2.75) is 58.2 Å². The fourth-order valence-corrected chi connectivity index (χ4v) is 3.64. The van der Waals surface area contributed by atoms with Crippen molar-refractivity contribution in [3.05, 3.63) is 77.9 Å². The van der Waals surface area contributed by atoms with Crippen LogP contribution in [-0.2, 0) is 6.42 Å². The molecular formula is C26H38N2O2. The van der Waals surface area contributed by atoms with E-state index in [1.54, 1.807) is 12.1 Å². The van der Waals surface area contributed by atoms with Crippen LogP contribution in [0.15, 0.2) is 61.2 Å². The Morgan fingerprint density at radius 3 is 2.10 bits per heavy atom. The zero-order chi connectivity index (χ0) is 21.8. The summed E-state index contributed by atoms with van der Waals surface area (Å²) < 4.78 is 0. The zero-order valence-corrected chi connectivity index (χ0v) is 18.6. The van der Waals surface area contributed by atoms with Gasteiger partial charge in [0.2, 0.25) is 0 Å². The summed E-state index contributed by atoms with van der Waals surface area (Å²) in [6.45, 7) is 11.1. The first-order valence-corrected chi connectivity index (χ1v) is 11.0. The van der Waals surface area contributed by atoms with Crippen molar-refractivity contribution >= 4 is 0 Å². The predicted octanol–water partition coefficient (Wildman–Crippen LogP) is 4.58. The monoisotopic (exact) mass is 410 g/mol. The number of aliphatic hydroxyl groups excluding tert-OH is 1. The summed E-state index contributed by atoms with van der Waals surface area (Å²) in [7, 11) is 0. The first-order chi connectivity index (χ1) is 14.5. The van der Waals surface area contributed by atoms with E-state index in [4.69, 9.17) is 0 Å². The van der Waals surface area contributed by atoms with Crippen LogP contribution in [0.2, 0.25) is 0 Å². The van der Waals surface area contributed by atoms with E-state index in [1.807, 2.05) is 18.2 Å². The van der Waals surface area contributed by atoms with Gasteiger partial charge in [-0.2, -0.15) is 0 Å². The van der Waals surface area contributed by atoms with Crippen LogP contribution in [0.5, 0.6) is 5.75 Å². The Morgan fingerprint density at radius 2 is 1.57 bits per heavy atom. The number of aryl methyl sites for hydroxylation is 2. The number of likely N-dealkylation sites (tertiary alicyclic amines) is 1. The minimum atomic E-state index is -0.497. The molecule has 0 saturated carbocycles. The van der Waals surface area contributed by atoms with Crippen LogP contribution in [0.1, 0.15) is 42.4 Å². The van der Waals surface area contributed by atoms with E-state index in [9.17, 15) is 10.2 Å². The van der Waals surface area contributed by atoms with E-state index >= 15 is 0 Å². The molecule has 4 heteroatoms. The maximum Gasteiger partial charge on any atom is 0.115 e. The first-order valence-electron chi connectivity index (χ1n) is 11.0. The number of benzene rings is 2. The van der Waals surface area contributed by atoms with Gasteiger partial charge < -0.3 is 15.1 Å². The minimum Gasteiger partial charge on any atom is -0.508 e. The number of allylic oxidation sites excluding steroid dienone is 1. The standard InChI is InChI=1S/C18H28N2O2.C8H10/c1-2-3-6-18(22)19-16(14-20-11-4-5-12-20)13-15-7-9-17(21)10-8-15;1-7-3-5-8(2)6-4-7/h2,7-10,16,18-19,21-22H,1,3-6,11-14H2;3-6H,1-2H3. The molecule has 1 heterocycles. The van der Waals surface area contributed by atoms with Gasteiger partial charge in [0.05, 0.1) is 0 Å². The lowest BCUT2D eigenvalue weighted by Crippen LogP contribution is -2.46. The van der Waals surface area contributed by atoms with Crippen LogP contribution in [0.25, 0.3) is 0 Å². The van der Waals surface area contributed by atoms with E-state index in [2.05, 4.69) is 54.9 Å². The smallest absolute Gasteiger partial charge is 0.115 e. The van der Waals surface area contributed by atoms with Gasteiger partial charge in [0.1, 0.15) is 12.0 Å². The summed E-state index contributed by atoms with van der Waals surface area (Å²) in [5.41, 5.74) is 3.83. The lowest BCUT2D eigenvalue weighted by Gasteiger charge is -2.27. The highest BCUT2D eigenvalue weighted by molar-refractivity contribution is 5.26. The van der Waals surface area contributed by atoms with Crippen molar-refractivity contribution in [3.63, 3.8) is 0 Å². The largest absolute Gasteiger partial charge is 0.508 e. The number of aliphatic hydroxyl groups is 1. The summed E-state index contributed by atoms with van der Waals surface area (Å²) in [5.74, 6) is 0.291. The quantitative estimate of drug-likeness (QED) is 0.418. The Labute approximate surface area is 182 Å². The number of nitrogens with zero attached hydrogens (tertiary/aromatic N) is 1. The van der Waals surface area contributed by atoms with Gasteiger partial charge in [-0.1, -0.05) is 53.6 Å². The average molecular weight is 411 g/mol. The highest BCUT2D eigenvalue weighted by Gasteiger charge is 2.19. The van der Waals surface area contributed by atoms with Crippen LogP contribution >= 0.6 is 0 Å². The van der Waals surface area contributed by atoms with Crippen LogP contribution in [-0.4, -0.2) is 47.0 Å². The van der Waals surface area contributed by atoms with Crippen molar-refractivity contribution in [2.75, 3.05) is 19.6 Å². The SMILES string of the molecule is C=CCCC(O)NC(Cc1ccc(O)cc1)CN1CCCC1.Cc1ccc(C)cc1. The van der Waals surface area contributed by atoms with Crippen molar-refractivity contribution in [2.24, 2.45) is 0 Å². The minimum absolute atomic E-state index is 0.211. The topological polar surface area (TPSA) is 55.7 Å².